The predicted molar refractivity (Wildman–Crippen MR) is 149 cm³/mol. The number of imidazole rings is 1. The average molecular weight is 588 g/mol. The number of esters is 1. The van der Waals surface area contributed by atoms with Gasteiger partial charge in [0.25, 0.3) is 0 Å². The molecule has 0 N–H and O–H groups in total. The van der Waals surface area contributed by atoms with Crippen molar-refractivity contribution in [1.29, 1.82) is 5.26 Å². The first kappa shape index (κ1) is 29.2. The van der Waals surface area contributed by atoms with Crippen LogP contribution in [0.25, 0.3) is 22.2 Å². The maximum Gasteiger partial charge on any atom is 0.337 e. The van der Waals surface area contributed by atoms with Gasteiger partial charge in [-0.1, -0.05) is 6.07 Å². The van der Waals surface area contributed by atoms with Gasteiger partial charge in [0.05, 0.1) is 48.1 Å². The third-order valence-electron chi connectivity index (χ3n) is 6.79. The zero-order chi connectivity index (χ0) is 30.5. The number of fused-ring (bicyclic) bond motifs is 1. The number of hydrogen-bond acceptors (Lipinski definition) is 8. The molecule has 0 amide bonds. The van der Waals surface area contributed by atoms with E-state index in [2.05, 4.69) is 15.2 Å². The minimum absolute atomic E-state index is 0.0550. The number of ether oxygens (including phenoxy) is 3. The molecule has 43 heavy (non-hydrogen) atoms. The van der Waals surface area contributed by atoms with Crippen molar-refractivity contribution in [3.63, 3.8) is 0 Å². The number of nitriles is 1. The van der Waals surface area contributed by atoms with Crippen LogP contribution in [0, 0.1) is 28.8 Å². The Kier molecular flexibility index (Phi) is 8.64. The summed E-state index contributed by atoms with van der Waals surface area (Å²) < 4.78 is 62.8. The van der Waals surface area contributed by atoms with Crippen molar-refractivity contribution in [2.24, 2.45) is 0 Å². The molecule has 0 saturated heterocycles. The summed E-state index contributed by atoms with van der Waals surface area (Å²) in [6, 6.07) is 14.4. The monoisotopic (exact) mass is 587 g/mol. The van der Waals surface area contributed by atoms with E-state index in [4.69, 9.17) is 19.5 Å². The fraction of sp³-hybridized carbons (Fsp3) is 0.194. The summed E-state index contributed by atoms with van der Waals surface area (Å²) in [7, 11) is 2.81. The number of rotatable bonds is 10. The fourth-order valence-electron chi connectivity index (χ4n) is 4.60. The highest BCUT2D eigenvalue weighted by Gasteiger charge is 2.20. The van der Waals surface area contributed by atoms with E-state index in [-0.39, 0.29) is 46.7 Å². The third-order valence-corrected chi connectivity index (χ3v) is 6.79. The van der Waals surface area contributed by atoms with Gasteiger partial charge in [-0.05, 0) is 54.1 Å². The number of halogens is 3. The smallest absolute Gasteiger partial charge is 0.337 e. The second kappa shape index (κ2) is 12.7. The van der Waals surface area contributed by atoms with Gasteiger partial charge >= 0.3 is 5.97 Å². The maximum absolute atomic E-state index is 15.5. The largest absolute Gasteiger partial charge is 0.471 e. The van der Waals surface area contributed by atoms with Crippen LogP contribution in [0.5, 0.6) is 5.88 Å². The lowest BCUT2D eigenvalue weighted by Crippen LogP contribution is -2.11. The topological polar surface area (TPSA) is 112 Å². The minimum Gasteiger partial charge on any atom is -0.471 e. The van der Waals surface area contributed by atoms with E-state index in [9.17, 15) is 9.18 Å². The molecule has 2 heterocycles. The van der Waals surface area contributed by atoms with Gasteiger partial charge in [0.2, 0.25) is 5.88 Å². The number of aromatic nitrogens is 4. The van der Waals surface area contributed by atoms with Crippen LogP contribution in [-0.4, -0.2) is 46.5 Å². The lowest BCUT2D eigenvalue weighted by molar-refractivity contribution is 0.0601. The van der Waals surface area contributed by atoms with Crippen molar-refractivity contribution in [2.75, 3.05) is 20.8 Å². The summed E-state index contributed by atoms with van der Waals surface area (Å²) in [5.41, 5.74) is 1.94. The maximum atomic E-state index is 15.5. The van der Waals surface area contributed by atoms with Gasteiger partial charge in [-0.25, -0.2) is 22.9 Å². The Labute approximate surface area is 244 Å². The van der Waals surface area contributed by atoms with Crippen molar-refractivity contribution in [3.05, 3.63) is 106 Å². The van der Waals surface area contributed by atoms with Gasteiger partial charge in [0.1, 0.15) is 29.9 Å². The molecule has 0 bridgehead atoms. The second-order valence-corrected chi connectivity index (χ2v) is 9.42. The Balaban J connectivity index is 1.45. The van der Waals surface area contributed by atoms with E-state index in [0.717, 1.165) is 18.2 Å². The standard InChI is InChI=1S/C31H24F3N5O4/c1-41-10-9-39-28-14-19(31(40)42-2)5-6-27(28)37-29(39)15-23-25(33)12-21(13-26(23)34)22-7-8-36-38-30(22)43-17-20-4-3-18(16-35)11-24(20)32/h3-8,11-14H,9-10,15,17H2,1-2H3. The van der Waals surface area contributed by atoms with E-state index < -0.39 is 23.4 Å². The molecule has 0 aliphatic heterocycles. The molecule has 0 aliphatic carbocycles. The van der Waals surface area contributed by atoms with E-state index in [1.807, 2.05) is 6.07 Å². The van der Waals surface area contributed by atoms with E-state index >= 15 is 8.78 Å². The van der Waals surface area contributed by atoms with Crippen molar-refractivity contribution in [2.45, 2.75) is 19.6 Å². The molecule has 218 valence electrons. The molecule has 0 unspecified atom stereocenters. The number of benzene rings is 3. The van der Waals surface area contributed by atoms with Gasteiger partial charge in [-0.3, -0.25) is 0 Å². The summed E-state index contributed by atoms with van der Waals surface area (Å²) in [6.07, 6.45) is 1.16. The quantitative estimate of drug-likeness (QED) is 0.200. The Morgan fingerprint density at radius 1 is 1.00 bits per heavy atom. The SMILES string of the molecule is COCCn1c(Cc2c(F)cc(-c3ccnnc3OCc3ccc(C#N)cc3F)cc2F)nc2ccc(C(=O)OC)cc21. The average Bonchev–Trinajstić information content (AvgIpc) is 3.36. The van der Waals surface area contributed by atoms with Crippen molar-refractivity contribution in [3.8, 4) is 23.1 Å². The van der Waals surface area contributed by atoms with Crippen molar-refractivity contribution < 1.29 is 32.2 Å². The Morgan fingerprint density at radius 2 is 1.79 bits per heavy atom. The molecule has 12 heteroatoms. The number of carbonyl (C=O) groups is 1. The van der Waals surface area contributed by atoms with Gasteiger partial charge in [0.15, 0.2) is 0 Å². The summed E-state index contributed by atoms with van der Waals surface area (Å²) in [4.78, 5) is 16.6. The highest BCUT2D eigenvalue weighted by atomic mass is 19.1. The Bertz CT molecular complexity index is 1850. The van der Waals surface area contributed by atoms with Crippen LogP contribution in [0.15, 0.2) is 60.8 Å². The molecule has 9 nitrogen and oxygen atoms in total. The molecular formula is C31H24F3N5O4. The zero-order valence-corrected chi connectivity index (χ0v) is 23.1. The highest BCUT2D eigenvalue weighted by Crippen LogP contribution is 2.32. The molecule has 0 radical (unpaired) electrons. The summed E-state index contributed by atoms with van der Waals surface area (Å²) in [6.45, 7) is 0.383. The summed E-state index contributed by atoms with van der Waals surface area (Å²) in [5, 5.41) is 16.6. The van der Waals surface area contributed by atoms with E-state index in [1.54, 1.807) is 22.8 Å². The molecule has 5 rings (SSSR count). The molecule has 0 fully saturated rings. The van der Waals surface area contributed by atoms with Crippen LogP contribution < -0.4 is 4.74 Å². The van der Waals surface area contributed by atoms with Crippen LogP contribution in [-0.2, 0) is 29.0 Å². The van der Waals surface area contributed by atoms with Gasteiger partial charge in [-0.15, -0.1) is 5.10 Å². The fourth-order valence-corrected chi connectivity index (χ4v) is 4.60. The Morgan fingerprint density at radius 3 is 2.49 bits per heavy atom. The predicted octanol–water partition coefficient (Wildman–Crippen LogP) is 5.39. The first-order valence-corrected chi connectivity index (χ1v) is 13.0. The van der Waals surface area contributed by atoms with E-state index in [1.165, 1.54) is 38.6 Å². The summed E-state index contributed by atoms with van der Waals surface area (Å²) >= 11 is 0. The van der Waals surface area contributed by atoms with Crippen LogP contribution in [0.1, 0.15) is 32.9 Å². The normalized spacial score (nSPS) is 11.0. The second-order valence-electron chi connectivity index (χ2n) is 9.42. The molecular weight excluding hydrogens is 563 g/mol. The molecule has 0 saturated carbocycles. The number of nitrogens with zero attached hydrogens (tertiary/aromatic N) is 5. The first-order valence-electron chi connectivity index (χ1n) is 13.0. The minimum atomic E-state index is -0.823. The highest BCUT2D eigenvalue weighted by molar-refractivity contribution is 5.93. The molecule has 0 atom stereocenters. The summed E-state index contributed by atoms with van der Waals surface area (Å²) in [5.74, 6) is -2.48. The molecule has 3 aromatic carbocycles. The van der Waals surface area contributed by atoms with Crippen LogP contribution in [0.3, 0.4) is 0 Å². The molecule has 2 aromatic heterocycles. The number of methoxy groups -OCH3 is 2. The van der Waals surface area contributed by atoms with Gasteiger partial charge in [0, 0.05) is 36.8 Å². The molecule has 0 aliphatic rings. The van der Waals surface area contributed by atoms with Gasteiger partial charge < -0.3 is 18.8 Å². The van der Waals surface area contributed by atoms with Crippen LogP contribution in [0.4, 0.5) is 13.2 Å². The van der Waals surface area contributed by atoms with Crippen molar-refractivity contribution in [1.82, 2.24) is 19.7 Å². The van der Waals surface area contributed by atoms with E-state index in [0.29, 0.717) is 35.6 Å². The third kappa shape index (κ3) is 6.17. The number of hydrogen-bond donors (Lipinski definition) is 0. The van der Waals surface area contributed by atoms with Gasteiger partial charge in [-0.2, -0.15) is 10.4 Å². The van der Waals surface area contributed by atoms with Crippen LogP contribution >= 0.6 is 0 Å². The lowest BCUT2D eigenvalue weighted by Gasteiger charge is -2.13. The van der Waals surface area contributed by atoms with Crippen molar-refractivity contribution >= 4 is 17.0 Å². The Hall–Kier alpha value is -5.28. The zero-order valence-electron chi connectivity index (χ0n) is 23.1. The molecule has 5 aromatic rings. The van der Waals surface area contributed by atoms with Crippen LogP contribution in [0.2, 0.25) is 0 Å². The number of carbonyl (C=O) groups excluding carboxylic acids is 1. The first-order chi connectivity index (χ1) is 20.8. The lowest BCUT2D eigenvalue weighted by atomic mass is 10.0. The molecule has 0 spiro atoms.